The Morgan fingerprint density at radius 2 is 1.84 bits per heavy atom. The van der Waals surface area contributed by atoms with Gasteiger partial charge in [0.1, 0.15) is 0 Å². The van der Waals surface area contributed by atoms with Gasteiger partial charge in [-0.2, -0.15) is 0 Å². The quantitative estimate of drug-likeness (QED) is 0.809. The molecule has 2 rings (SSSR count). The second kappa shape index (κ2) is 6.25. The van der Waals surface area contributed by atoms with Crippen LogP contribution in [0.5, 0.6) is 0 Å². The van der Waals surface area contributed by atoms with Gasteiger partial charge in [0, 0.05) is 24.5 Å². The predicted molar refractivity (Wildman–Crippen MR) is 80.1 cm³/mol. The smallest absolute Gasteiger partial charge is 0.0965 e. The minimum Gasteiger partial charge on any atom is -0.399 e. The summed E-state index contributed by atoms with van der Waals surface area (Å²) in [5.41, 5.74) is 8.40. The molecule has 0 aliphatic heterocycles. The number of nitrogen functional groups attached to an aromatic ring is 1. The lowest BCUT2D eigenvalue weighted by Crippen LogP contribution is -2.28. The van der Waals surface area contributed by atoms with Gasteiger partial charge in [-0.25, -0.2) is 0 Å². The molecule has 2 aromatic rings. The van der Waals surface area contributed by atoms with Crippen molar-refractivity contribution in [2.75, 3.05) is 23.7 Å². The van der Waals surface area contributed by atoms with E-state index in [2.05, 4.69) is 24.0 Å². The molecule has 0 radical (unpaired) electrons. The van der Waals surface area contributed by atoms with Gasteiger partial charge in [0.05, 0.1) is 6.10 Å². The molecule has 0 aromatic heterocycles. The molecule has 0 aliphatic rings. The van der Waals surface area contributed by atoms with E-state index in [4.69, 9.17) is 5.73 Å². The number of aliphatic hydroxyl groups excluding tert-OH is 1. The van der Waals surface area contributed by atoms with Crippen LogP contribution in [0.3, 0.4) is 0 Å². The molecule has 19 heavy (non-hydrogen) atoms. The molecule has 0 spiro atoms. The highest BCUT2D eigenvalue weighted by atomic mass is 16.3. The average molecular weight is 256 g/mol. The van der Waals surface area contributed by atoms with Gasteiger partial charge >= 0.3 is 0 Å². The molecule has 0 aliphatic carbocycles. The fourth-order valence-electron chi connectivity index (χ4n) is 2.14. The van der Waals surface area contributed by atoms with Gasteiger partial charge in [-0.15, -0.1) is 0 Å². The Kier molecular flexibility index (Phi) is 4.42. The first-order chi connectivity index (χ1) is 9.20. The van der Waals surface area contributed by atoms with Crippen molar-refractivity contribution in [3.8, 4) is 0 Å². The van der Waals surface area contributed by atoms with Crippen molar-refractivity contribution >= 4 is 11.4 Å². The van der Waals surface area contributed by atoms with E-state index >= 15 is 0 Å². The summed E-state index contributed by atoms with van der Waals surface area (Å²) in [5.74, 6) is 0. The van der Waals surface area contributed by atoms with E-state index in [9.17, 15) is 5.11 Å². The highest BCUT2D eigenvalue weighted by Gasteiger charge is 2.13. The van der Waals surface area contributed by atoms with Crippen LogP contribution in [-0.2, 0) is 0 Å². The number of rotatable bonds is 5. The molecular weight excluding hydrogens is 236 g/mol. The SMILES string of the molecule is CCN(CC(O)c1cccc(N)c1)c1ccccc1. The van der Waals surface area contributed by atoms with Crippen molar-refractivity contribution in [1.29, 1.82) is 0 Å². The lowest BCUT2D eigenvalue weighted by atomic mass is 10.1. The standard InChI is InChI=1S/C16H20N2O/c1-2-18(15-9-4-3-5-10-15)12-16(19)13-7-6-8-14(17)11-13/h3-11,16,19H,2,12,17H2,1H3. The van der Waals surface area contributed by atoms with E-state index in [0.29, 0.717) is 12.2 Å². The topological polar surface area (TPSA) is 49.5 Å². The molecule has 1 unspecified atom stereocenters. The maximum absolute atomic E-state index is 10.3. The fourth-order valence-corrected chi connectivity index (χ4v) is 2.14. The Morgan fingerprint density at radius 1 is 1.11 bits per heavy atom. The molecule has 0 bridgehead atoms. The minimum atomic E-state index is -0.538. The summed E-state index contributed by atoms with van der Waals surface area (Å²) < 4.78 is 0. The molecule has 100 valence electrons. The van der Waals surface area contributed by atoms with Gasteiger partial charge < -0.3 is 15.7 Å². The van der Waals surface area contributed by atoms with Crippen LogP contribution in [0.15, 0.2) is 54.6 Å². The first-order valence-corrected chi connectivity index (χ1v) is 6.54. The van der Waals surface area contributed by atoms with Crippen LogP contribution >= 0.6 is 0 Å². The number of para-hydroxylation sites is 1. The Labute approximate surface area is 114 Å². The normalized spacial score (nSPS) is 12.1. The molecule has 1 atom stereocenters. The zero-order valence-electron chi connectivity index (χ0n) is 11.2. The van der Waals surface area contributed by atoms with Gasteiger partial charge in [0.25, 0.3) is 0 Å². The molecule has 3 nitrogen and oxygen atoms in total. The van der Waals surface area contributed by atoms with E-state index in [1.165, 1.54) is 0 Å². The summed E-state index contributed by atoms with van der Waals surface area (Å²) in [5, 5.41) is 10.3. The van der Waals surface area contributed by atoms with Gasteiger partial charge in [0.15, 0.2) is 0 Å². The van der Waals surface area contributed by atoms with Gasteiger partial charge in [0.2, 0.25) is 0 Å². The molecule has 2 aromatic carbocycles. The molecular formula is C16H20N2O. The van der Waals surface area contributed by atoms with E-state index in [0.717, 1.165) is 17.8 Å². The van der Waals surface area contributed by atoms with Crippen LogP contribution in [-0.4, -0.2) is 18.2 Å². The van der Waals surface area contributed by atoms with Crippen molar-refractivity contribution in [3.63, 3.8) is 0 Å². The summed E-state index contributed by atoms with van der Waals surface area (Å²) in [6.07, 6.45) is -0.538. The average Bonchev–Trinajstić information content (AvgIpc) is 2.45. The van der Waals surface area contributed by atoms with E-state index in [1.807, 2.05) is 42.5 Å². The first-order valence-electron chi connectivity index (χ1n) is 6.54. The van der Waals surface area contributed by atoms with E-state index < -0.39 is 6.10 Å². The second-order valence-electron chi connectivity index (χ2n) is 4.56. The Bertz CT molecular complexity index is 513. The number of aliphatic hydroxyl groups is 1. The molecule has 3 N–H and O–H groups in total. The van der Waals surface area contributed by atoms with E-state index in [-0.39, 0.29) is 0 Å². The zero-order valence-corrected chi connectivity index (χ0v) is 11.2. The zero-order chi connectivity index (χ0) is 13.7. The molecule has 3 heteroatoms. The molecule has 0 saturated heterocycles. The maximum atomic E-state index is 10.3. The summed E-state index contributed by atoms with van der Waals surface area (Å²) in [4.78, 5) is 2.15. The molecule has 0 fully saturated rings. The van der Waals surface area contributed by atoms with Crippen LogP contribution in [0.1, 0.15) is 18.6 Å². The van der Waals surface area contributed by atoms with Crippen molar-refractivity contribution < 1.29 is 5.11 Å². The Balaban J connectivity index is 2.10. The van der Waals surface area contributed by atoms with Crippen LogP contribution in [0.4, 0.5) is 11.4 Å². The van der Waals surface area contributed by atoms with Gasteiger partial charge in [-0.1, -0.05) is 30.3 Å². The maximum Gasteiger partial charge on any atom is 0.0965 e. The number of nitrogens with two attached hydrogens (primary N) is 1. The Morgan fingerprint density at radius 3 is 2.47 bits per heavy atom. The van der Waals surface area contributed by atoms with Gasteiger partial charge in [-0.3, -0.25) is 0 Å². The third-order valence-corrected chi connectivity index (χ3v) is 3.19. The largest absolute Gasteiger partial charge is 0.399 e. The first kappa shape index (κ1) is 13.4. The van der Waals surface area contributed by atoms with Crippen molar-refractivity contribution in [3.05, 3.63) is 60.2 Å². The lowest BCUT2D eigenvalue weighted by Gasteiger charge is -2.26. The fraction of sp³-hybridized carbons (Fsp3) is 0.250. The van der Waals surface area contributed by atoms with Crippen molar-refractivity contribution in [2.45, 2.75) is 13.0 Å². The number of hydrogen-bond donors (Lipinski definition) is 2. The summed E-state index contributed by atoms with van der Waals surface area (Å²) in [6.45, 7) is 3.49. The van der Waals surface area contributed by atoms with Crippen LogP contribution in [0.25, 0.3) is 0 Å². The number of nitrogens with zero attached hydrogens (tertiary/aromatic N) is 1. The monoisotopic (exact) mass is 256 g/mol. The predicted octanol–water partition coefficient (Wildman–Crippen LogP) is 2.83. The summed E-state index contributed by atoms with van der Waals surface area (Å²) >= 11 is 0. The molecule has 0 amide bonds. The number of likely N-dealkylation sites (N-methyl/N-ethyl adjacent to an activating group) is 1. The number of hydrogen-bond acceptors (Lipinski definition) is 3. The van der Waals surface area contributed by atoms with Crippen molar-refractivity contribution in [2.24, 2.45) is 0 Å². The van der Waals surface area contributed by atoms with Crippen LogP contribution in [0.2, 0.25) is 0 Å². The van der Waals surface area contributed by atoms with Crippen molar-refractivity contribution in [1.82, 2.24) is 0 Å². The summed E-state index contributed by atoms with van der Waals surface area (Å²) in [7, 11) is 0. The van der Waals surface area contributed by atoms with Crippen LogP contribution in [0, 0.1) is 0 Å². The minimum absolute atomic E-state index is 0.538. The molecule has 0 saturated carbocycles. The number of benzene rings is 2. The highest BCUT2D eigenvalue weighted by molar-refractivity contribution is 5.47. The lowest BCUT2D eigenvalue weighted by molar-refractivity contribution is 0.184. The Hall–Kier alpha value is -2.00. The number of anilines is 2. The highest BCUT2D eigenvalue weighted by Crippen LogP contribution is 2.20. The third-order valence-electron chi connectivity index (χ3n) is 3.19. The van der Waals surface area contributed by atoms with Gasteiger partial charge in [-0.05, 0) is 36.8 Å². The molecule has 0 heterocycles. The second-order valence-corrected chi connectivity index (χ2v) is 4.56. The van der Waals surface area contributed by atoms with Crippen LogP contribution < -0.4 is 10.6 Å². The summed E-state index contributed by atoms with van der Waals surface area (Å²) in [6, 6.07) is 17.5. The third kappa shape index (κ3) is 3.48. The van der Waals surface area contributed by atoms with E-state index in [1.54, 1.807) is 0 Å².